The van der Waals surface area contributed by atoms with Crippen LogP contribution < -0.4 is 0 Å². The van der Waals surface area contributed by atoms with Crippen molar-refractivity contribution in [1.82, 2.24) is 4.90 Å². The lowest BCUT2D eigenvalue weighted by atomic mass is 10.3. The summed E-state index contributed by atoms with van der Waals surface area (Å²) in [5.74, 6) is 0. The zero-order valence-electron chi connectivity index (χ0n) is 3.44. The summed E-state index contributed by atoms with van der Waals surface area (Å²) in [5.41, 5.74) is 0. The van der Waals surface area contributed by atoms with E-state index in [1.165, 1.54) is 13.0 Å². The average molecular weight is 70.1 g/mol. The van der Waals surface area contributed by atoms with E-state index in [9.17, 15) is 0 Å². The molecule has 0 atom stereocenters. The van der Waals surface area contributed by atoms with Crippen molar-refractivity contribution in [2.45, 2.75) is 6.42 Å². The number of hydrogen-bond acceptors (Lipinski definition) is 1. The standard InChI is InChI=1S/C4H8N/c1-5-3-2-4-5/h3H,2,4H2,1H3. The van der Waals surface area contributed by atoms with Crippen LogP contribution in [0.3, 0.4) is 0 Å². The van der Waals surface area contributed by atoms with Crippen LogP contribution in [0.1, 0.15) is 6.42 Å². The Labute approximate surface area is 32.6 Å². The van der Waals surface area contributed by atoms with Gasteiger partial charge in [0.15, 0.2) is 0 Å². The van der Waals surface area contributed by atoms with E-state index in [0.717, 1.165) is 0 Å². The Morgan fingerprint density at radius 3 is 2.20 bits per heavy atom. The molecule has 0 unspecified atom stereocenters. The minimum atomic E-state index is 1.26. The van der Waals surface area contributed by atoms with Gasteiger partial charge in [-0.05, 0) is 20.0 Å². The maximum Gasteiger partial charge on any atom is 0.0261 e. The number of rotatable bonds is 0. The predicted octanol–water partition coefficient (Wildman–Crippen LogP) is 0.484. The zero-order valence-corrected chi connectivity index (χ0v) is 3.44. The summed E-state index contributed by atoms with van der Waals surface area (Å²) >= 11 is 0. The lowest BCUT2D eigenvalue weighted by Gasteiger charge is -2.24. The number of hydrogen-bond donors (Lipinski definition) is 0. The number of likely N-dealkylation sites (tertiary alicyclic amines) is 1. The molecule has 1 radical (unpaired) electrons. The lowest BCUT2D eigenvalue weighted by Crippen LogP contribution is -2.27. The fourth-order valence-corrected chi connectivity index (χ4v) is 0.387. The molecule has 0 amide bonds. The van der Waals surface area contributed by atoms with Gasteiger partial charge in [-0.2, -0.15) is 0 Å². The van der Waals surface area contributed by atoms with Crippen LogP contribution in [0.25, 0.3) is 0 Å². The smallest absolute Gasteiger partial charge is 0.0261 e. The summed E-state index contributed by atoms with van der Waals surface area (Å²) in [6, 6.07) is 0. The Hall–Kier alpha value is -0.0400. The van der Waals surface area contributed by atoms with Crippen molar-refractivity contribution in [3.05, 3.63) is 6.54 Å². The van der Waals surface area contributed by atoms with Crippen LogP contribution in [0, 0.1) is 6.54 Å². The molecule has 29 valence electrons. The van der Waals surface area contributed by atoms with E-state index in [4.69, 9.17) is 0 Å². The third kappa shape index (κ3) is 0.428. The van der Waals surface area contributed by atoms with Crippen LogP contribution in [-0.2, 0) is 0 Å². The lowest BCUT2D eigenvalue weighted by molar-refractivity contribution is 0.301. The monoisotopic (exact) mass is 70.1 g/mol. The molecule has 1 fully saturated rings. The highest BCUT2D eigenvalue weighted by atomic mass is 15.1. The topological polar surface area (TPSA) is 3.24 Å². The van der Waals surface area contributed by atoms with Crippen molar-refractivity contribution in [1.29, 1.82) is 0 Å². The highest BCUT2D eigenvalue weighted by molar-refractivity contribution is 4.75. The molecule has 1 saturated heterocycles. The van der Waals surface area contributed by atoms with Crippen molar-refractivity contribution in [3.8, 4) is 0 Å². The first kappa shape index (κ1) is 3.16. The molecule has 1 aliphatic heterocycles. The third-order valence-electron chi connectivity index (χ3n) is 0.923. The van der Waals surface area contributed by atoms with Gasteiger partial charge in [0.2, 0.25) is 0 Å². The normalized spacial score (nSPS) is 25.8. The molecule has 1 heteroatoms. The molecule has 0 spiro atoms. The molecule has 0 aromatic rings. The Morgan fingerprint density at radius 2 is 2.20 bits per heavy atom. The molecule has 1 aliphatic rings. The Morgan fingerprint density at radius 1 is 1.80 bits per heavy atom. The summed E-state index contributed by atoms with van der Waals surface area (Å²) in [4.78, 5) is 2.18. The van der Waals surface area contributed by atoms with Gasteiger partial charge in [-0.15, -0.1) is 0 Å². The summed E-state index contributed by atoms with van der Waals surface area (Å²) < 4.78 is 0. The number of nitrogens with zero attached hydrogens (tertiary/aromatic N) is 1. The predicted molar refractivity (Wildman–Crippen MR) is 21.5 cm³/mol. The molecule has 0 bridgehead atoms. The molecule has 0 aliphatic carbocycles. The van der Waals surface area contributed by atoms with Gasteiger partial charge in [-0.25, -0.2) is 0 Å². The van der Waals surface area contributed by atoms with E-state index in [1.807, 2.05) is 0 Å². The summed E-state index contributed by atoms with van der Waals surface area (Å²) in [5, 5.41) is 0. The van der Waals surface area contributed by atoms with Crippen molar-refractivity contribution >= 4 is 0 Å². The van der Waals surface area contributed by atoms with E-state index < -0.39 is 0 Å². The van der Waals surface area contributed by atoms with Gasteiger partial charge in [0.1, 0.15) is 0 Å². The maximum absolute atomic E-state index is 2.18. The maximum atomic E-state index is 2.18. The van der Waals surface area contributed by atoms with E-state index in [-0.39, 0.29) is 0 Å². The van der Waals surface area contributed by atoms with Gasteiger partial charge >= 0.3 is 0 Å². The van der Waals surface area contributed by atoms with Gasteiger partial charge in [0, 0.05) is 6.54 Å². The molecule has 1 rings (SSSR count). The van der Waals surface area contributed by atoms with Gasteiger partial charge in [0.05, 0.1) is 0 Å². The summed E-state index contributed by atoms with van der Waals surface area (Å²) in [7, 11) is 2.09. The fourth-order valence-electron chi connectivity index (χ4n) is 0.387. The SMILES string of the molecule is CN1[CH]CC1. The molecule has 1 nitrogen and oxygen atoms in total. The minimum absolute atomic E-state index is 1.26. The second kappa shape index (κ2) is 0.977. The molecular formula is C4H8N. The van der Waals surface area contributed by atoms with Crippen LogP contribution in [0.5, 0.6) is 0 Å². The first-order chi connectivity index (χ1) is 2.39. The van der Waals surface area contributed by atoms with Gasteiger partial charge < -0.3 is 4.90 Å². The molecule has 1 heterocycles. The van der Waals surface area contributed by atoms with Crippen LogP contribution in [0.2, 0.25) is 0 Å². The molecule has 0 saturated carbocycles. The first-order valence-corrected chi connectivity index (χ1v) is 1.93. The van der Waals surface area contributed by atoms with Crippen LogP contribution >= 0.6 is 0 Å². The molecule has 0 aromatic heterocycles. The van der Waals surface area contributed by atoms with Crippen molar-refractivity contribution in [2.75, 3.05) is 13.6 Å². The zero-order chi connectivity index (χ0) is 3.70. The van der Waals surface area contributed by atoms with Gasteiger partial charge in [-0.1, -0.05) is 0 Å². The van der Waals surface area contributed by atoms with Crippen LogP contribution in [-0.4, -0.2) is 18.5 Å². The Bertz CT molecular complexity index is 30.6. The molecule has 0 N–H and O–H groups in total. The summed E-state index contributed by atoms with van der Waals surface area (Å²) in [6.45, 7) is 3.44. The third-order valence-corrected chi connectivity index (χ3v) is 0.923. The van der Waals surface area contributed by atoms with E-state index in [0.29, 0.717) is 0 Å². The molecule has 0 aromatic carbocycles. The highest BCUT2D eigenvalue weighted by Gasteiger charge is 2.05. The minimum Gasteiger partial charge on any atom is -0.302 e. The van der Waals surface area contributed by atoms with Gasteiger partial charge in [0.25, 0.3) is 0 Å². The van der Waals surface area contributed by atoms with Crippen LogP contribution in [0.15, 0.2) is 0 Å². The second-order valence-electron chi connectivity index (χ2n) is 1.45. The Balaban J connectivity index is 2.08. The second-order valence-corrected chi connectivity index (χ2v) is 1.45. The van der Waals surface area contributed by atoms with E-state index in [2.05, 4.69) is 18.5 Å². The Kier molecular flexibility index (Phi) is 0.618. The quantitative estimate of drug-likeness (QED) is 0.401. The fraction of sp³-hybridized carbons (Fsp3) is 0.750. The van der Waals surface area contributed by atoms with E-state index in [1.54, 1.807) is 0 Å². The van der Waals surface area contributed by atoms with Crippen molar-refractivity contribution in [3.63, 3.8) is 0 Å². The van der Waals surface area contributed by atoms with Crippen molar-refractivity contribution in [2.24, 2.45) is 0 Å². The average Bonchev–Trinajstić information content (AvgIpc) is 1.30. The van der Waals surface area contributed by atoms with Crippen LogP contribution in [0.4, 0.5) is 0 Å². The van der Waals surface area contributed by atoms with Crippen molar-refractivity contribution < 1.29 is 0 Å². The largest absolute Gasteiger partial charge is 0.302 e. The molecule has 5 heavy (non-hydrogen) atoms. The molecular weight excluding hydrogens is 62.1 g/mol. The first-order valence-electron chi connectivity index (χ1n) is 1.93. The summed E-state index contributed by atoms with van der Waals surface area (Å²) in [6.07, 6.45) is 1.29. The highest BCUT2D eigenvalue weighted by Crippen LogP contribution is 2.05. The van der Waals surface area contributed by atoms with Gasteiger partial charge in [-0.3, -0.25) is 0 Å². The van der Waals surface area contributed by atoms with E-state index >= 15 is 0 Å².